The minimum atomic E-state index is -1.14. The summed E-state index contributed by atoms with van der Waals surface area (Å²) in [7, 11) is 0. The molecular weight excluding hydrogens is 181 g/mol. The van der Waals surface area contributed by atoms with Gasteiger partial charge in [-0.15, -0.1) is 0 Å². The van der Waals surface area contributed by atoms with Crippen LogP contribution in [-0.4, -0.2) is 11.9 Å². The average molecular weight is 193 g/mol. The van der Waals surface area contributed by atoms with E-state index in [0.717, 1.165) is 12.8 Å². The van der Waals surface area contributed by atoms with Crippen LogP contribution in [0.3, 0.4) is 0 Å². The molecule has 4 nitrogen and oxygen atoms in total. The first kappa shape index (κ1) is 12.9. The van der Waals surface area contributed by atoms with Gasteiger partial charge in [0.2, 0.25) is 5.91 Å². The van der Waals surface area contributed by atoms with Crippen LogP contribution in [-0.2, 0) is 9.59 Å². The molecule has 1 aliphatic rings. The fourth-order valence-electron chi connectivity index (χ4n) is 1.75. The van der Waals surface area contributed by atoms with E-state index in [1.807, 2.05) is 0 Å². The minimum Gasteiger partial charge on any atom is -0.550 e. The second-order valence-electron chi connectivity index (χ2n) is 3.22. The largest absolute Gasteiger partial charge is 1.00 e. The third-order valence-corrected chi connectivity index (χ3v) is 2.43. The van der Waals surface area contributed by atoms with Crippen LogP contribution in [0.4, 0.5) is 0 Å². The number of carbonyl (C=O) groups is 2. The SMILES string of the molecule is NC(=O)[C@@H]1CCCC[C@H]1C(=O)[O-].[Na+]. The van der Waals surface area contributed by atoms with E-state index in [2.05, 4.69) is 0 Å². The van der Waals surface area contributed by atoms with Gasteiger partial charge in [-0.25, -0.2) is 0 Å². The van der Waals surface area contributed by atoms with Crippen molar-refractivity contribution in [2.24, 2.45) is 17.6 Å². The van der Waals surface area contributed by atoms with Crippen LogP contribution in [0.5, 0.6) is 0 Å². The monoisotopic (exact) mass is 193 g/mol. The predicted octanol–water partition coefficient (Wildman–Crippen LogP) is -3.97. The molecule has 0 radical (unpaired) electrons. The number of amides is 1. The van der Waals surface area contributed by atoms with Gasteiger partial charge in [-0.05, 0) is 12.8 Å². The third kappa shape index (κ3) is 3.29. The maximum Gasteiger partial charge on any atom is 1.00 e. The first-order valence-corrected chi connectivity index (χ1v) is 4.13. The molecule has 0 aromatic carbocycles. The summed E-state index contributed by atoms with van der Waals surface area (Å²) in [4.78, 5) is 21.4. The molecule has 13 heavy (non-hydrogen) atoms. The number of carboxylic acid groups (broad SMARTS) is 1. The first-order chi connectivity index (χ1) is 5.63. The molecule has 0 aromatic rings. The molecule has 0 heterocycles. The Morgan fingerprint density at radius 3 is 1.92 bits per heavy atom. The van der Waals surface area contributed by atoms with Crippen molar-refractivity contribution in [1.82, 2.24) is 0 Å². The van der Waals surface area contributed by atoms with Gasteiger partial charge in [-0.1, -0.05) is 12.8 Å². The Kier molecular flexibility index (Phi) is 5.60. The van der Waals surface area contributed by atoms with Crippen molar-refractivity contribution in [2.45, 2.75) is 25.7 Å². The quantitative estimate of drug-likeness (QED) is 0.454. The Balaban J connectivity index is 0.00000144. The normalized spacial score (nSPS) is 27.4. The van der Waals surface area contributed by atoms with E-state index in [9.17, 15) is 14.7 Å². The van der Waals surface area contributed by atoms with Gasteiger partial charge < -0.3 is 15.6 Å². The molecule has 0 aliphatic heterocycles. The Morgan fingerprint density at radius 2 is 1.62 bits per heavy atom. The van der Waals surface area contributed by atoms with E-state index >= 15 is 0 Å². The first-order valence-electron chi connectivity index (χ1n) is 4.13. The Morgan fingerprint density at radius 1 is 1.15 bits per heavy atom. The van der Waals surface area contributed by atoms with Gasteiger partial charge in [0.05, 0.1) is 0 Å². The summed E-state index contributed by atoms with van der Waals surface area (Å²) in [6.07, 6.45) is 2.85. The number of nitrogens with two attached hydrogens (primary N) is 1. The number of hydrogen-bond acceptors (Lipinski definition) is 3. The molecule has 1 saturated carbocycles. The van der Waals surface area contributed by atoms with Gasteiger partial charge in [-0.3, -0.25) is 4.79 Å². The molecule has 2 atom stereocenters. The van der Waals surface area contributed by atoms with Crippen LogP contribution in [0, 0.1) is 11.8 Å². The van der Waals surface area contributed by atoms with Gasteiger partial charge in [0.25, 0.3) is 0 Å². The van der Waals surface area contributed by atoms with Crippen molar-refractivity contribution in [2.75, 3.05) is 0 Å². The maximum absolute atomic E-state index is 10.8. The van der Waals surface area contributed by atoms with Gasteiger partial charge in [0.1, 0.15) is 0 Å². The van der Waals surface area contributed by atoms with Crippen LogP contribution >= 0.6 is 0 Å². The van der Waals surface area contributed by atoms with Gasteiger partial charge in [0, 0.05) is 17.8 Å². The summed E-state index contributed by atoms with van der Waals surface area (Å²) in [6, 6.07) is 0. The summed E-state index contributed by atoms with van der Waals surface area (Å²) >= 11 is 0. The van der Waals surface area contributed by atoms with E-state index in [1.54, 1.807) is 0 Å². The molecule has 0 saturated heterocycles. The van der Waals surface area contributed by atoms with Crippen LogP contribution in [0.2, 0.25) is 0 Å². The van der Waals surface area contributed by atoms with Gasteiger partial charge >= 0.3 is 29.6 Å². The number of aliphatic carboxylic acids is 1. The van der Waals surface area contributed by atoms with Crippen molar-refractivity contribution in [3.63, 3.8) is 0 Å². The molecule has 1 rings (SSSR count). The van der Waals surface area contributed by atoms with Crippen LogP contribution < -0.4 is 40.4 Å². The topological polar surface area (TPSA) is 83.2 Å². The molecule has 68 valence electrons. The molecule has 1 fully saturated rings. The predicted molar refractivity (Wildman–Crippen MR) is 39.6 cm³/mol. The van der Waals surface area contributed by atoms with E-state index in [-0.39, 0.29) is 29.6 Å². The Labute approximate surface area is 99.2 Å². The van der Waals surface area contributed by atoms with Crippen LogP contribution in [0.15, 0.2) is 0 Å². The zero-order valence-corrected chi connectivity index (χ0v) is 9.79. The summed E-state index contributed by atoms with van der Waals surface area (Å²) < 4.78 is 0. The molecule has 0 bridgehead atoms. The third-order valence-electron chi connectivity index (χ3n) is 2.43. The zero-order valence-electron chi connectivity index (χ0n) is 7.79. The van der Waals surface area contributed by atoms with Gasteiger partial charge in [0.15, 0.2) is 0 Å². The number of carboxylic acids is 1. The van der Waals surface area contributed by atoms with E-state index < -0.39 is 23.7 Å². The number of rotatable bonds is 2. The molecule has 0 spiro atoms. The van der Waals surface area contributed by atoms with Crippen molar-refractivity contribution >= 4 is 11.9 Å². The fraction of sp³-hybridized carbons (Fsp3) is 0.750. The molecule has 1 aliphatic carbocycles. The van der Waals surface area contributed by atoms with Gasteiger partial charge in [-0.2, -0.15) is 0 Å². The average Bonchev–Trinajstić information content (AvgIpc) is 2.04. The zero-order chi connectivity index (χ0) is 9.14. The molecular formula is C8H12NNaO3. The summed E-state index contributed by atoms with van der Waals surface area (Å²) in [5.41, 5.74) is 5.07. The second kappa shape index (κ2) is 5.62. The molecule has 0 unspecified atom stereocenters. The Hall–Kier alpha value is -0.0600. The summed E-state index contributed by atoms with van der Waals surface area (Å²) in [6.45, 7) is 0. The molecule has 0 aromatic heterocycles. The Bertz CT molecular complexity index is 186. The van der Waals surface area contributed by atoms with E-state index in [4.69, 9.17) is 5.73 Å². The minimum absolute atomic E-state index is 0. The van der Waals surface area contributed by atoms with Crippen molar-refractivity contribution in [3.8, 4) is 0 Å². The molecule has 1 amide bonds. The van der Waals surface area contributed by atoms with Crippen molar-refractivity contribution in [1.29, 1.82) is 0 Å². The van der Waals surface area contributed by atoms with Crippen molar-refractivity contribution < 1.29 is 44.3 Å². The molecule has 5 heteroatoms. The van der Waals surface area contributed by atoms with Crippen molar-refractivity contribution in [3.05, 3.63) is 0 Å². The second-order valence-corrected chi connectivity index (χ2v) is 3.22. The van der Waals surface area contributed by atoms with Crippen LogP contribution in [0.1, 0.15) is 25.7 Å². The van der Waals surface area contributed by atoms with E-state index in [1.165, 1.54) is 0 Å². The number of hydrogen-bond donors (Lipinski definition) is 1. The molecule has 2 N–H and O–H groups in total. The number of carbonyl (C=O) groups excluding carboxylic acids is 2. The van der Waals surface area contributed by atoms with E-state index in [0.29, 0.717) is 12.8 Å². The maximum atomic E-state index is 10.8. The fourth-order valence-corrected chi connectivity index (χ4v) is 1.75. The smallest absolute Gasteiger partial charge is 0.550 e. The standard InChI is InChI=1S/C8H13NO3.Na/c9-7(10)5-3-1-2-4-6(5)8(11)12;/h5-6H,1-4H2,(H2,9,10)(H,11,12);/q;+1/p-1/t5-,6-;/m1./s1. The summed E-state index contributed by atoms with van der Waals surface area (Å²) in [5, 5.41) is 10.6. The number of primary amides is 1. The van der Waals surface area contributed by atoms with Crippen LogP contribution in [0.25, 0.3) is 0 Å². The summed E-state index contributed by atoms with van der Waals surface area (Å²) in [5.74, 6) is -2.82.